The molecule has 1 N–H and O–H groups in total. The lowest BCUT2D eigenvalue weighted by atomic mass is 10.0. The van der Waals surface area contributed by atoms with E-state index < -0.39 is 10.0 Å². The van der Waals surface area contributed by atoms with E-state index in [0.29, 0.717) is 10.2 Å². The van der Waals surface area contributed by atoms with Gasteiger partial charge in [0.1, 0.15) is 5.75 Å². The van der Waals surface area contributed by atoms with Crippen molar-refractivity contribution in [3.63, 3.8) is 0 Å². The van der Waals surface area contributed by atoms with Crippen LogP contribution in [0.4, 0.5) is 0 Å². The number of sulfonamides is 1. The van der Waals surface area contributed by atoms with Crippen LogP contribution in [0.2, 0.25) is 0 Å². The maximum Gasteiger partial charge on any atom is 0.241 e. The fourth-order valence-corrected chi connectivity index (χ4v) is 4.61. The predicted molar refractivity (Wildman–Crippen MR) is 103 cm³/mol. The first-order valence-electron chi connectivity index (χ1n) is 7.75. The summed E-state index contributed by atoms with van der Waals surface area (Å²) in [5.74, 6) is 0.585. The predicted octanol–water partition coefficient (Wildman–Crippen LogP) is 4.65. The van der Waals surface area contributed by atoms with E-state index in [2.05, 4.69) is 20.7 Å². The third-order valence-corrected chi connectivity index (χ3v) is 6.20. The van der Waals surface area contributed by atoms with Gasteiger partial charge in [0, 0.05) is 6.04 Å². The molecule has 3 aromatic rings. The summed E-state index contributed by atoms with van der Waals surface area (Å²) in [6.45, 7) is 1.83. The first kappa shape index (κ1) is 17.9. The Morgan fingerprint density at radius 3 is 2.40 bits per heavy atom. The largest absolute Gasteiger partial charge is 0.496 e. The van der Waals surface area contributed by atoms with Crippen molar-refractivity contribution in [2.24, 2.45) is 0 Å². The fourth-order valence-electron chi connectivity index (χ4n) is 2.66. The van der Waals surface area contributed by atoms with E-state index in [-0.39, 0.29) is 10.9 Å². The Hall–Kier alpha value is -1.89. The van der Waals surface area contributed by atoms with Gasteiger partial charge in [-0.15, -0.1) is 0 Å². The minimum absolute atomic E-state index is 0.188. The van der Waals surface area contributed by atoms with Crippen LogP contribution < -0.4 is 9.46 Å². The molecule has 0 fully saturated rings. The maximum atomic E-state index is 12.7. The van der Waals surface area contributed by atoms with Crippen LogP contribution in [0.3, 0.4) is 0 Å². The van der Waals surface area contributed by atoms with E-state index in [0.717, 1.165) is 16.3 Å². The Labute approximate surface area is 156 Å². The van der Waals surface area contributed by atoms with Gasteiger partial charge in [0.25, 0.3) is 0 Å². The molecule has 0 saturated heterocycles. The first-order valence-corrected chi connectivity index (χ1v) is 10.0. The summed E-state index contributed by atoms with van der Waals surface area (Å²) in [7, 11) is -2.11. The molecule has 0 heterocycles. The molecule has 0 aromatic heterocycles. The molecule has 0 saturated carbocycles. The average Bonchev–Trinajstić information content (AvgIpc) is 2.60. The van der Waals surface area contributed by atoms with Crippen molar-refractivity contribution >= 4 is 36.7 Å². The van der Waals surface area contributed by atoms with Gasteiger partial charge in [-0.1, -0.05) is 36.4 Å². The molecule has 25 heavy (non-hydrogen) atoms. The number of hydrogen-bond donors (Lipinski definition) is 1. The number of benzene rings is 3. The van der Waals surface area contributed by atoms with Gasteiger partial charge in [-0.3, -0.25) is 0 Å². The summed E-state index contributed by atoms with van der Waals surface area (Å²) in [6.07, 6.45) is 0. The molecule has 130 valence electrons. The lowest BCUT2D eigenvalue weighted by molar-refractivity contribution is 0.411. The van der Waals surface area contributed by atoms with Gasteiger partial charge < -0.3 is 4.74 Å². The molecule has 0 radical (unpaired) electrons. The van der Waals surface area contributed by atoms with Crippen molar-refractivity contribution < 1.29 is 13.2 Å². The lowest BCUT2D eigenvalue weighted by Crippen LogP contribution is -2.26. The van der Waals surface area contributed by atoms with Gasteiger partial charge in [-0.05, 0) is 63.5 Å². The molecule has 0 aliphatic heterocycles. The molecule has 3 rings (SSSR count). The summed E-state index contributed by atoms with van der Waals surface area (Å²) < 4.78 is 33.8. The van der Waals surface area contributed by atoms with Crippen molar-refractivity contribution in [2.45, 2.75) is 17.9 Å². The molecule has 0 aliphatic rings. The SMILES string of the molecule is COc1ccc(S(=O)(=O)NC(C)c2ccc3ccccc3c2)cc1Br. The second-order valence-electron chi connectivity index (χ2n) is 5.75. The monoisotopic (exact) mass is 419 g/mol. The molecular formula is C19H18BrNO3S. The maximum absolute atomic E-state index is 12.7. The number of methoxy groups -OCH3 is 1. The molecule has 0 aliphatic carbocycles. The summed E-state index contributed by atoms with van der Waals surface area (Å²) in [5, 5.41) is 2.21. The van der Waals surface area contributed by atoms with Gasteiger partial charge in [0.05, 0.1) is 16.5 Å². The topological polar surface area (TPSA) is 55.4 Å². The first-order chi connectivity index (χ1) is 11.9. The standard InChI is InChI=1S/C19H18BrNO3S/c1-13(15-8-7-14-5-3-4-6-16(14)11-15)21-25(22,23)17-9-10-19(24-2)18(20)12-17/h3-13,21H,1-2H3. The van der Waals surface area contributed by atoms with Crippen LogP contribution in [0.25, 0.3) is 10.8 Å². The molecule has 0 spiro atoms. The Morgan fingerprint density at radius 2 is 1.72 bits per heavy atom. The highest BCUT2D eigenvalue weighted by Gasteiger charge is 2.19. The summed E-state index contributed by atoms with van der Waals surface area (Å²) >= 11 is 3.32. The molecule has 4 nitrogen and oxygen atoms in total. The minimum atomic E-state index is -3.64. The third-order valence-electron chi connectivity index (χ3n) is 4.04. The fraction of sp³-hybridized carbons (Fsp3) is 0.158. The Kier molecular flexibility index (Phi) is 5.13. The summed E-state index contributed by atoms with van der Waals surface area (Å²) in [5.41, 5.74) is 0.912. The molecular weight excluding hydrogens is 402 g/mol. The highest BCUT2D eigenvalue weighted by molar-refractivity contribution is 9.10. The lowest BCUT2D eigenvalue weighted by Gasteiger charge is -2.16. The average molecular weight is 420 g/mol. The highest BCUT2D eigenvalue weighted by atomic mass is 79.9. The minimum Gasteiger partial charge on any atom is -0.496 e. The number of hydrogen-bond acceptors (Lipinski definition) is 3. The molecule has 0 bridgehead atoms. The highest BCUT2D eigenvalue weighted by Crippen LogP contribution is 2.28. The number of rotatable bonds is 5. The normalized spacial score (nSPS) is 12.9. The van der Waals surface area contributed by atoms with Crippen LogP contribution in [0.1, 0.15) is 18.5 Å². The van der Waals surface area contributed by atoms with E-state index in [1.165, 1.54) is 19.2 Å². The summed E-state index contributed by atoms with van der Waals surface area (Å²) in [4.78, 5) is 0.188. The van der Waals surface area contributed by atoms with E-state index >= 15 is 0 Å². The third kappa shape index (κ3) is 3.86. The quantitative estimate of drug-likeness (QED) is 0.654. The van der Waals surface area contributed by atoms with Crippen molar-refractivity contribution in [3.8, 4) is 5.75 Å². The molecule has 3 aromatic carbocycles. The smallest absolute Gasteiger partial charge is 0.241 e. The van der Waals surface area contributed by atoms with E-state index in [1.54, 1.807) is 6.07 Å². The Morgan fingerprint density at radius 1 is 1.00 bits per heavy atom. The van der Waals surface area contributed by atoms with Gasteiger partial charge in [0.15, 0.2) is 0 Å². The van der Waals surface area contributed by atoms with Crippen LogP contribution in [-0.2, 0) is 10.0 Å². The van der Waals surface area contributed by atoms with Crippen LogP contribution >= 0.6 is 15.9 Å². The van der Waals surface area contributed by atoms with Crippen LogP contribution in [0.5, 0.6) is 5.75 Å². The number of nitrogens with one attached hydrogen (secondary N) is 1. The van der Waals surface area contributed by atoms with Crippen molar-refractivity contribution in [1.29, 1.82) is 0 Å². The molecule has 1 unspecified atom stereocenters. The van der Waals surface area contributed by atoms with E-state index in [4.69, 9.17) is 4.74 Å². The Bertz CT molecular complexity index is 1020. The van der Waals surface area contributed by atoms with E-state index in [9.17, 15) is 8.42 Å². The number of ether oxygens (including phenoxy) is 1. The van der Waals surface area contributed by atoms with Crippen molar-refractivity contribution in [1.82, 2.24) is 4.72 Å². The second-order valence-corrected chi connectivity index (χ2v) is 8.31. The zero-order valence-electron chi connectivity index (χ0n) is 13.9. The molecule has 1 atom stereocenters. The zero-order valence-corrected chi connectivity index (χ0v) is 16.3. The van der Waals surface area contributed by atoms with Crippen LogP contribution in [0.15, 0.2) is 70.0 Å². The van der Waals surface area contributed by atoms with Gasteiger partial charge in [-0.25, -0.2) is 13.1 Å². The van der Waals surface area contributed by atoms with E-state index in [1.807, 2.05) is 49.4 Å². The Balaban J connectivity index is 1.87. The van der Waals surface area contributed by atoms with Crippen molar-refractivity contribution in [3.05, 3.63) is 70.7 Å². The number of halogens is 1. The second kappa shape index (κ2) is 7.15. The van der Waals surface area contributed by atoms with Crippen LogP contribution in [0, 0.1) is 0 Å². The molecule has 0 amide bonds. The molecule has 6 heteroatoms. The van der Waals surface area contributed by atoms with Crippen LogP contribution in [-0.4, -0.2) is 15.5 Å². The van der Waals surface area contributed by atoms with Crippen molar-refractivity contribution in [2.75, 3.05) is 7.11 Å². The number of fused-ring (bicyclic) bond motifs is 1. The summed E-state index contributed by atoms with van der Waals surface area (Å²) in [6, 6.07) is 18.3. The zero-order chi connectivity index (χ0) is 18.0. The van der Waals surface area contributed by atoms with Gasteiger partial charge >= 0.3 is 0 Å². The van der Waals surface area contributed by atoms with Gasteiger partial charge in [-0.2, -0.15) is 0 Å². The van der Waals surface area contributed by atoms with Gasteiger partial charge in [0.2, 0.25) is 10.0 Å².